The summed E-state index contributed by atoms with van der Waals surface area (Å²) in [6.45, 7) is 6.51. The van der Waals surface area contributed by atoms with Crippen molar-refractivity contribution in [1.29, 1.82) is 0 Å². The van der Waals surface area contributed by atoms with E-state index in [0.717, 1.165) is 5.92 Å². The number of likely N-dealkylation sites (tertiary alicyclic amines) is 2. The lowest BCUT2D eigenvalue weighted by Crippen LogP contribution is -2.41. The van der Waals surface area contributed by atoms with Gasteiger partial charge in [-0.1, -0.05) is 0 Å². The standard InChI is InChI=1S/C14H29N3/c1-15-14(12-17-7-3-4-8-17)11-13-5-9-16(2)10-6-13/h13-15H,3-12H2,1-2H3. The molecular weight excluding hydrogens is 210 g/mol. The highest BCUT2D eigenvalue weighted by molar-refractivity contribution is 4.79. The summed E-state index contributed by atoms with van der Waals surface area (Å²) < 4.78 is 0. The van der Waals surface area contributed by atoms with Crippen LogP contribution in [0.4, 0.5) is 0 Å². The topological polar surface area (TPSA) is 18.5 Å². The Labute approximate surface area is 107 Å². The van der Waals surface area contributed by atoms with Crippen molar-refractivity contribution in [2.24, 2.45) is 5.92 Å². The number of hydrogen-bond donors (Lipinski definition) is 1. The van der Waals surface area contributed by atoms with Crippen LogP contribution in [-0.2, 0) is 0 Å². The van der Waals surface area contributed by atoms with Crippen molar-refractivity contribution in [2.45, 2.75) is 38.1 Å². The second-order valence-corrected chi connectivity index (χ2v) is 5.98. The minimum Gasteiger partial charge on any atom is -0.316 e. The first kappa shape index (κ1) is 13.3. The van der Waals surface area contributed by atoms with Gasteiger partial charge in [0.2, 0.25) is 0 Å². The Hall–Kier alpha value is -0.120. The molecule has 0 aromatic carbocycles. The van der Waals surface area contributed by atoms with Crippen LogP contribution in [0.15, 0.2) is 0 Å². The van der Waals surface area contributed by atoms with Gasteiger partial charge in [0.15, 0.2) is 0 Å². The van der Waals surface area contributed by atoms with Crippen LogP contribution in [0.1, 0.15) is 32.1 Å². The fourth-order valence-corrected chi connectivity index (χ4v) is 3.26. The second-order valence-electron chi connectivity index (χ2n) is 5.98. The Morgan fingerprint density at radius 1 is 1.12 bits per heavy atom. The zero-order chi connectivity index (χ0) is 12.1. The number of likely N-dealkylation sites (N-methyl/N-ethyl adjacent to an activating group) is 1. The van der Waals surface area contributed by atoms with Crippen molar-refractivity contribution in [3.05, 3.63) is 0 Å². The molecule has 2 rings (SSSR count). The Bertz CT molecular complexity index is 206. The van der Waals surface area contributed by atoms with Gasteiger partial charge < -0.3 is 15.1 Å². The van der Waals surface area contributed by atoms with E-state index in [9.17, 15) is 0 Å². The van der Waals surface area contributed by atoms with Gasteiger partial charge in [-0.05, 0) is 78.3 Å². The molecule has 2 aliphatic rings. The number of piperidine rings is 1. The lowest BCUT2D eigenvalue weighted by Gasteiger charge is -2.32. The Morgan fingerprint density at radius 3 is 2.35 bits per heavy atom. The van der Waals surface area contributed by atoms with E-state index in [1.165, 1.54) is 64.8 Å². The number of rotatable bonds is 5. The van der Waals surface area contributed by atoms with Crippen LogP contribution in [0.3, 0.4) is 0 Å². The third-order valence-electron chi connectivity index (χ3n) is 4.54. The minimum absolute atomic E-state index is 0.710. The Morgan fingerprint density at radius 2 is 1.76 bits per heavy atom. The number of nitrogens with one attached hydrogen (secondary N) is 1. The molecule has 0 bridgehead atoms. The molecule has 0 saturated carbocycles. The van der Waals surface area contributed by atoms with Crippen molar-refractivity contribution in [3.8, 4) is 0 Å². The fraction of sp³-hybridized carbons (Fsp3) is 1.00. The molecule has 2 aliphatic heterocycles. The highest BCUT2D eigenvalue weighted by Gasteiger charge is 2.22. The van der Waals surface area contributed by atoms with E-state index < -0.39 is 0 Å². The van der Waals surface area contributed by atoms with Gasteiger partial charge in [0.1, 0.15) is 0 Å². The normalized spacial score (nSPS) is 26.5. The van der Waals surface area contributed by atoms with Gasteiger partial charge in [-0.2, -0.15) is 0 Å². The molecule has 2 fully saturated rings. The molecule has 0 aromatic heterocycles. The molecule has 3 heteroatoms. The summed E-state index contributed by atoms with van der Waals surface area (Å²) >= 11 is 0. The second kappa shape index (κ2) is 6.72. The largest absolute Gasteiger partial charge is 0.316 e. The Balaban J connectivity index is 1.70. The third kappa shape index (κ3) is 4.23. The summed E-state index contributed by atoms with van der Waals surface area (Å²) in [5, 5.41) is 3.53. The van der Waals surface area contributed by atoms with Gasteiger partial charge in [-0.3, -0.25) is 0 Å². The van der Waals surface area contributed by atoms with Crippen molar-refractivity contribution in [3.63, 3.8) is 0 Å². The molecule has 3 nitrogen and oxygen atoms in total. The summed E-state index contributed by atoms with van der Waals surface area (Å²) in [6.07, 6.45) is 6.99. The van der Waals surface area contributed by atoms with E-state index in [2.05, 4.69) is 29.2 Å². The van der Waals surface area contributed by atoms with E-state index in [4.69, 9.17) is 0 Å². The summed E-state index contributed by atoms with van der Waals surface area (Å²) in [6, 6.07) is 0.710. The molecule has 0 spiro atoms. The molecule has 0 amide bonds. The molecule has 0 aromatic rings. The average Bonchev–Trinajstić information content (AvgIpc) is 2.84. The van der Waals surface area contributed by atoms with E-state index in [1.807, 2.05) is 0 Å². The molecule has 1 N–H and O–H groups in total. The van der Waals surface area contributed by atoms with Crippen LogP contribution < -0.4 is 5.32 Å². The van der Waals surface area contributed by atoms with Crippen LogP contribution in [0.25, 0.3) is 0 Å². The highest BCUT2D eigenvalue weighted by atomic mass is 15.2. The predicted molar refractivity (Wildman–Crippen MR) is 73.4 cm³/mol. The van der Waals surface area contributed by atoms with Crippen LogP contribution in [0, 0.1) is 5.92 Å². The number of hydrogen-bond acceptors (Lipinski definition) is 3. The van der Waals surface area contributed by atoms with Crippen LogP contribution in [-0.4, -0.2) is 62.7 Å². The predicted octanol–water partition coefficient (Wildman–Crippen LogP) is 1.40. The molecule has 2 heterocycles. The maximum atomic E-state index is 3.53. The van der Waals surface area contributed by atoms with Gasteiger partial charge in [0, 0.05) is 12.6 Å². The summed E-state index contributed by atoms with van der Waals surface area (Å²) in [7, 11) is 4.38. The lowest BCUT2D eigenvalue weighted by atomic mass is 9.90. The monoisotopic (exact) mass is 239 g/mol. The summed E-state index contributed by atoms with van der Waals surface area (Å²) in [5.41, 5.74) is 0. The van der Waals surface area contributed by atoms with Crippen molar-refractivity contribution in [1.82, 2.24) is 15.1 Å². The summed E-state index contributed by atoms with van der Waals surface area (Å²) in [5.74, 6) is 0.950. The lowest BCUT2D eigenvalue weighted by molar-refractivity contribution is 0.189. The highest BCUT2D eigenvalue weighted by Crippen LogP contribution is 2.22. The van der Waals surface area contributed by atoms with Crippen molar-refractivity contribution < 1.29 is 0 Å². The first-order chi connectivity index (χ1) is 8.28. The molecule has 0 radical (unpaired) electrons. The zero-order valence-electron chi connectivity index (χ0n) is 11.6. The van der Waals surface area contributed by atoms with Gasteiger partial charge in [-0.15, -0.1) is 0 Å². The maximum Gasteiger partial charge on any atom is 0.0194 e. The number of nitrogens with zero attached hydrogens (tertiary/aromatic N) is 2. The average molecular weight is 239 g/mol. The zero-order valence-corrected chi connectivity index (χ0v) is 11.6. The molecule has 1 atom stereocenters. The van der Waals surface area contributed by atoms with Crippen LogP contribution in [0.5, 0.6) is 0 Å². The van der Waals surface area contributed by atoms with Crippen LogP contribution in [0.2, 0.25) is 0 Å². The smallest absolute Gasteiger partial charge is 0.0194 e. The molecule has 2 saturated heterocycles. The van der Waals surface area contributed by atoms with Crippen molar-refractivity contribution >= 4 is 0 Å². The van der Waals surface area contributed by atoms with Crippen molar-refractivity contribution in [2.75, 3.05) is 46.8 Å². The molecule has 17 heavy (non-hydrogen) atoms. The first-order valence-electron chi connectivity index (χ1n) is 7.36. The van der Waals surface area contributed by atoms with E-state index in [1.54, 1.807) is 0 Å². The fourth-order valence-electron chi connectivity index (χ4n) is 3.26. The van der Waals surface area contributed by atoms with E-state index >= 15 is 0 Å². The molecule has 0 aliphatic carbocycles. The van der Waals surface area contributed by atoms with E-state index in [-0.39, 0.29) is 0 Å². The molecule has 1 unspecified atom stereocenters. The first-order valence-corrected chi connectivity index (χ1v) is 7.36. The van der Waals surface area contributed by atoms with Gasteiger partial charge >= 0.3 is 0 Å². The quantitative estimate of drug-likeness (QED) is 0.782. The third-order valence-corrected chi connectivity index (χ3v) is 4.54. The van der Waals surface area contributed by atoms with Crippen LogP contribution >= 0.6 is 0 Å². The van der Waals surface area contributed by atoms with E-state index in [0.29, 0.717) is 6.04 Å². The Kier molecular flexibility index (Phi) is 5.26. The van der Waals surface area contributed by atoms with Gasteiger partial charge in [-0.25, -0.2) is 0 Å². The molecule has 100 valence electrons. The SMILES string of the molecule is CNC(CC1CCN(C)CC1)CN1CCCC1. The minimum atomic E-state index is 0.710. The summed E-state index contributed by atoms with van der Waals surface area (Å²) in [4.78, 5) is 5.10. The molecular formula is C14H29N3. The van der Waals surface area contributed by atoms with Gasteiger partial charge in [0.25, 0.3) is 0 Å². The maximum absolute atomic E-state index is 3.53. The van der Waals surface area contributed by atoms with Gasteiger partial charge in [0.05, 0.1) is 0 Å².